The second-order valence-electron chi connectivity index (χ2n) is 5.33. The Hall–Kier alpha value is -0.830. The minimum absolute atomic E-state index is 0.593. The van der Waals surface area contributed by atoms with Gasteiger partial charge in [-0.15, -0.1) is 0 Å². The van der Waals surface area contributed by atoms with Crippen molar-refractivity contribution in [2.75, 3.05) is 0 Å². The Morgan fingerprint density at radius 1 is 1.10 bits per heavy atom. The van der Waals surface area contributed by atoms with Gasteiger partial charge in [0.15, 0.2) is 0 Å². The minimum Gasteiger partial charge on any atom is -0.384 e. The Labute approximate surface area is 132 Å². The van der Waals surface area contributed by atoms with Crippen LogP contribution < -0.4 is 0 Å². The molecule has 1 aliphatic carbocycles. The van der Waals surface area contributed by atoms with E-state index in [1.807, 2.05) is 36.4 Å². The molecule has 0 heterocycles. The van der Waals surface area contributed by atoms with Gasteiger partial charge in [0.2, 0.25) is 0 Å². The number of hydrogen-bond donors (Lipinski definition) is 1. The molecule has 0 aliphatic heterocycles. The highest BCUT2D eigenvalue weighted by Crippen LogP contribution is 2.41. The van der Waals surface area contributed by atoms with Gasteiger partial charge in [-0.25, -0.2) is 0 Å². The number of aliphatic hydroxyl groups excluding tert-OH is 1. The standard InChI is InChI=1S/C17H16BrClO/c18-12-8-9-15(16(19)10-12)17(20)14-7-2-1-6-13(14)11-4-3-5-11/h1-2,6-11,17,20H,3-5H2. The van der Waals surface area contributed by atoms with E-state index >= 15 is 0 Å². The maximum absolute atomic E-state index is 10.7. The maximum atomic E-state index is 10.7. The van der Waals surface area contributed by atoms with Crippen molar-refractivity contribution in [3.8, 4) is 0 Å². The molecule has 2 aromatic rings. The van der Waals surface area contributed by atoms with Crippen LogP contribution in [0.5, 0.6) is 0 Å². The lowest BCUT2D eigenvalue weighted by atomic mass is 9.77. The molecular formula is C17H16BrClO. The summed E-state index contributed by atoms with van der Waals surface area (Å²) in [5.74, 6) is 0.593. The molecule has 2 aromatic carbocycles. The van der Waals surface area contributed by atoms with E-state index in [0.29, 0.717) is 10.9 Å². The van der Waals surface area contributed by atoms with Crippen LogP contribution in [0.25, 0.3) is 0 Å². The molecule has 0 bridgehead atoms. The molecule has 0 saturated heterocycles. The van der Waals surface area contributed by atoms with Crippen molar-refractivity contribution < 1.29 is 5.11 Å². The molecule has 0 spiro atoms. The summed E-state index contributed by atoms with van der Waals surface area (Å²) in [6.45, 7) is 0. The van der Waals surface area contributed by atoms with Crippen LogP contribution >= 0.6 is 27.5 Å². The Balaban J connectivity index is 1.99. The number of aliphatic hydroxyl groups is 1. The van der Waals surface area contributed by atoms with Gasteiger partial charge in [0, 0.05) is 15.1 Å². The van der Waals surface area contributed by atoms with Crippen molar-refractivity contribution in [3.63, 3.8) is 0 Å². The van der Waals surface area contributed by atoms with Crippen LogP contribution in [0.2, 0.25) is 5.02 Å². The number of benzene rings is 2. The third-order valence-corrected chi connectivity index (χ3v) is 4.91. The first-order chi connectivity index (χ1) is 9.66. The lowest BCUT2D eigenvalue weighted by Gasteiger charge is -2.29. The molecule has 1 saturated carbocycles. The second-order valence-corrected chi connectivity index (χ2v) is 6.65. The van der Waals surface area contributed by atoms with Gasteiger partial charge < -0.3 is 5.11 Å². The monoisotopic (exact) mass is 350 g/mol. The predicted molar refractivity (Wildman–Crippen MR) is 86.2 cm³/mol. The highest BCUT2D eigenvalue weighted by Gasteiger charge is 2.25. The van der Waals surface area contributed by atoms with Gasteiger partial charge >= 0.3 is 0 Å². The van der Waals surface area contributed by atoms with Gasteiger partial charge in [-0.2, -0.15) is 0 Å². The zero-order valence-corrected chi connectivity index (χ0v) is 13.4. The molecule has 20 heavy (non-hydrogen) atoms. The first-order valence-corrected chi connectivity index (χ1v) is 8.06. The SMILES string of the molecule is OC(c1ccc(Br)cc1Cl)c1ccccc1C1CCC1. The van der Waals surface area contributed by atoms with Crippen molar-refractivity contribution in [1.29, 1.82) is 0 Å². The van der Waals surface area contributed by atoms with Gasteiger partial charge in [0.1, 0.15) is 6.10 Å². The molecule has 1 N–H and O–H groups in total. The van der Waals surface area contributed by atoms with E-state index in [1.54, 1.807) is 0 Å². The number of hydrogen-bond acceptors (Lipinski definition) is 1. The molecule has 104 valence electrons. The summed E-state index contributed by atoms with van der Waals surface area (Å²) in [5, 5.41) is 11.3. The summed E-state index contributed by atoms with van der Waals surface area (Å²) in [5.41, 5.74) is 3.02. The predicted octanol–water partition coefficient (Wildman–Crippen LogP) is 5.45. The highest BCUT2D eigenvalue weighted by atomic mass is 79.9. The quantitative estimate of drug-likeness (QED) is 0.779. The van der Waals surface area contributed by atoms with Gasteiger partial charge in [-0.1, -0.05) is 64.3 Å². The summed E-state index contributed by atoms with van der Waals surface area (Å²) in [6, 6.07) is 13.8. The minimum atomic E-state index is -0.660. The smallest absolute Gasteiger partial charge is 0.106 e. The van der Waals surface area contributed by atoms with Gasteiger partial charge in [-0.3, -0.25) is 0 Å². The van der Waals surface area contributed by atoms with E-state index < -0.39 is 6.10 Å². The third-order valence-electron chi connectivity index (χ3n) is 4.09. The van der Waals surface area contributed by atoms with Crippen molar-refractivity contribution in [2.45, 2.75) is 31.3 Å². The average molecular weight is 352 g/mol. The summed E-state index contributed by atoms with van der Waals surface area (Å²) in [4.78, 5) is 0. The van der Waals surface area contributed by atoms with E-state index in [1.165, 1.54) is 24.8 Å². The molecule has 1 aliphatic rings. The fraction of sp³-hybridized carbons (Fsp3) is 0.294. The lowest BCUT2D eigenvalue weighted by molar-refractivity contribution is 0.217. The number of halogens is 2. The molecule has 0 radical (unpaired) electrons. The number of rotatable bonds is 3. The van der Waals surface area contributed by atoms with Crippen molar-refractivity contribution in [2.24, 2.45) is 0 Å². The Morgan fingerprint density at radius 3 is 2.50 bits per heavy atom. The van der Waals surface area contributed by atoms with Crippen LogP contribution in [0.15, 0.2) is 46.9 Å². The highest BCUT2D eigenvalue weighted by molar-refractivity contribution is 9.10. The van der Waals surface area contributed by atoms with Crippen LogP contribution in [-0.2, 0) is 0 Å². The fourth-order valence-corrected chi connectivity index (χ4v) is 3.52. The summed E-state index contributed by atoms with van der Waals surface area (Å²) in [6.07, 6.45) is 3.07. The zero-order valence-electron chi connectivity index (χ0n) is 11.0. The normalized spacial score (nSPS) is 16.8. The van der Waals surface area contributed by atoms with Gasteiger partial charge in [-0.05, 0) is 42.0 Å². The Kier molecular flexibility index (Phi) is 4.16. The van der Waals surface area contributed by atoms with Crippen molar-refractivity contribution in [3.05, 3.63) is 68.7 Å². The van der Waals surface area contributed by atoms with Crippen LogP contribution in [0.3, 0.4) is 0 Å². The van der Waals surface area contributed by atoms with E-state index in [-0.39, 0.29) is 0 Å². The summed E-state index contributed by atoms with van der Waals surface area (Å²) < 4.78 is 0.922. The van der Waals surface area contributed by atoms with E-state index in [4.69, 9.17) is 11.6 Å². The topological polar surface area (TPSA) is 20.2 Å². The van der Waals surface area contributed by atoms with Crippen molar-refractivity contribution in [1.82, 2.24) is 0 Å². The average Bonchev–Trinajstić information content (AvgIpc) is 2.37. The maximum Gasteiger partial charge on any atom is 0.106 e. The zero-order chi connectivity index (χ0) is 14.1. The summed E-state index contributed by atoms with van der Waals surface area (Å²) >= 11 is 9.66. The van der Waals surface area contributed by atoms with Gasteiger partial charge in [0.25, 0.3) is 0 Å². The van der Waals surface area contributed by atoms with E-state index in [9.17, 15) is 5.11 Å². The molecule has 1 fully saturated rings. The Morgan fingerprint density at radius 2 is 1.85 bits per heavy atom. The fourth-order valence-electron chi connectivity index (χ4n) is 2.74. The van der Waals surface area contributed by atoms with Crippen LogP contribution in [0.1, 0.15) is 48.0 Å². The van der Waals surface area contributed by atoms with Crippen LogP contribution in [0, 0.1) is 0 Å². The molecule has 0 amide bonds. The summed E-state index contributed by atoms with van der Waals surface area (Å²) in [7, 11) is 0. The third kappa shape index (κ3) is 2.65. The second kappa shape index (κ2) is 5.88. The molecule has 3 rings (SSSR count). The Bertz CT molecular complexity index is 622. The van der Waals surface area contributed by atoms with E-state index in [0.717, 1.165) is 15.6 Å². The first-order valence-electron chi connectivity index (χ1n) is 6.88. The first kappa shape index (κ1) is 14.1. The van der Waals surface area contributed by atoms with Crippen LogP contribution in [-0.4, -0.2) is 5.11 Å². The molecule has 3 heteroatoms. The largest absolute Gasteiger partial charge is 0.384 e. The molecular weight excluding hydrogens is 336 g/mol. The van der Waals surface area contributed by atoms with Gasteiger partial charge in [0.05, 0.1) is 0 Å². The van der Waals surface area contributed by atoms with Crippen LogP contribution in [0.4, 0.5) is 0 Å². The van der Waals surface area contributed by atoms with Crippen molar-refractivity contribution >= 4 is 27.5 Å². The molecule has 1 nitrogen and oxygen atoms in total. The van der Waals surface area contributed by atoms with E-state index in [2.05, 4.69) is 22.0 Å². The molecule has 1 atom stereocenters. The lowest BCUT2D eigenvalue weighted by Crippen LogP contribution is -2.13. The molecule has 1 unspecified atom stereocenters. The molecule has 0 aromatic heterocycles.